The number of carbonyl (C=O) groups is 1. The number of ether oxygens (including phenoxy) is 1. The van der Waals surface area contributed by atoms with Gasteiger partial charge in [0.2, 0.25) is 5.91 Å². The number of nitrogens with one attached hydrogen (secondary N) is 2. The summed E-state index contributed by atoms with van der Waals surface area (Å²) in [5, 5.41) is 9.17. The van der Waals surface area contributed by atoms with Gasteiger partial charge in [-0.25, -0.2) is 4.98 Å². The van der Waals surface area contributed by atoms with Crippen molar-refractivity contribution in [3.63, 3.8) is 0 Å². The van der Waals surface area contributed by atoms with Crippen LogP contribution in [0.3, 0.4) is 0 Å². The van der Waals surface area contributed by atoms with Gasteiger partial charge in [0.25, 0.3) is 0 Å². The minimum Gasteiger partial charge on any atom is -0.497 e. The molecule has 0 radical (unpaired) electrons. The van der Waals surface area contributed by atoms with Crippen LogP contribution < -0.4 is 15.4 Å². The first-order chi connectivity index (χ1) is 15.7. The van der Waals surface area contributed by atoms with E-state index in [2.05, 4.69) is 17.6 Å². The van der Waals surface area contributed by atoms with Crippen molar-refractivity contribution in [2.75, 3.05) is 17.7 Å². The summed E-state index contributed by atoms with van der Waals surface area (Å²) in [4.78, 5) is 17.0. The van der Waals surface area contributed by atoms with E-state index in [1.807, 2.05) is 53.9 Å². The number of rotatable bonds is 13. The monoisotopic (exact) mass is 451 g/mol. The quantitative estimate of drug-likeness (QED) is 0.262. The molecular formula is C26H33N3O2S. The maximum Gasteiger partial charge on any atom is 0.224 e. The standard InChI is InChI=1S/C26H33N3O2S/c1-3-4-5-6-7-8-9-16-25(30)27-21-13-10-12-20(17-21)24-19-32-26(29-24)28-22-14-11-15-23(18-22)31-2/h10-15,17-19H,3-9,16H2,1-2H3,(H,27,30)(H,28,29). The van der Waals surface area contributed by atoms with Crippen molar-refractivity contribution in [2.24, 2.45) is 0 Å². The highest BCUT2D eigenvalue weighted by atomic mass is 32.1. The summed E-state index contributed by atoms with van der Waals surface area (Å²) in [6, 6.07) is 15.6. The molecule has 3 rings (SSSR count). The van der Waals surface area contributed by atoms with Gasteiger partial charge in [0.1, 0.15) is 5.75 Å². The van der Waals surface area contributed by atoms with Crippen molar-refractivity contribution in [1.82, 2.24) is 4.98 Å². The van der Waals surface area contributed by atoms with Gasteiger partial charge in [-0.3, -0.25) is 4.79 Å². The maximum absolute atomic E-state index is 12.3. The molecule has 32 heavy (non-hydrogen) atoms. The molecule has 2 N–H and O–H groups in total. The van der Waals surface area contributed by atoms with Gasteiger partial charge in [0.15, 0.2) is 5.13 Å². The van der Waals surface area contributed by atoms with Crippen molar-refractivity contribution < 1.29 is 9.53 Å². The third kappa shape index (κ3) is 7.68. The lowest BCUT2D eigenvalue weighted by Gasteiger charge is -2.07. The van der Waals surface area contributed by atoms with E-state index in [0.29, 0.717) is 6.42 Å². The molecule has 0 saturated heterocycles. The molecule has 170 valence electrons. The largest absolute Gasteiger partial charge is 0.497 e. The lowest BCUT2D eigenvalue weighted by Crippen LogP contribution is -2.11. The van der Waals surface area contributed by atoms with E-state index in [-0.39, 0.29) is 5.91 Å². The number of anilines is 3. The molecule has 0 saturated carbocycles. The number of carbonyl (C=O) groups excluding carboxylic acids is 1. The Labute approximate surface area is 195 Å². The molecule has 0 unspecified atom stereocenters. The minimum absolute atomic E-state index is 0.0781. The molecule has 0 aliphatic carbocycles. The normalized spacial score (nSPS) is 10.7. The Kier molecular flexibility index (Phi) is 9.57. The second kappa shape index (κ2) is 12.9. The van der Waals surface area contributed by atoms with Crippen LogP contribution in [0.15, 0.2) is 53.9 Å². The Hall–Kier alpha value is -2.86. The fourth-order valence-corrected chi connectivity index (χ4v) is 4.25. The zero-order valence-electron chi connectivity index (χ0n) is 19.0. The van der Waals surface area contributed by atoms with Crippen molar-refractivity contribution in [2.45, 2.75) is 58.3 Å². The number of benzene rings is 2. The number of aromatic nitrogens is 1. The SMILES string of the molecule is CCCCCCCCCC(=O)Nc1cccc(-c2csc(Nc3cccc(OC)c3)n2)c1. The highest BCUT2D eigenvalue weighted by Crippen LogP contribution is 2.29. The van der Waals surface area contributed by atoms with Gasteiger partial charge in [-0.05, 0) is 30.7 Å². The summed E-state index contributed by atoms with van der Waals surface area (Å²) in [5.41, 5.74) is 3.60. The molecule has 0 aliphatic heterocycles. The van der Waals surface area contributed by atoms with Crippen molar-refractivity contribution >= 4 is 33.8 Å². The van der Waals surface area contributed by atoms with Gasteiger partial charge in [-0.1, -0.05) is 63.6 Å². The Balaban J connectivity index is 1.50. The van der Waals surface area contributed by atoms with Gasteiger partial charge in [-0.2, -0.15) is 0 Å². The van der Waals surface area contributed by atoms with Crippen LogP contribution in [0.4, 0.5) is 16.5 Å². The molecule has 1 amide bonds. The third-order valence-corrected chi connectivity index (χ3v) is 6.03. The van der Waals surface area contributed by atoms with Crippen LogP contribution in [-0.2, 0) is 4.79 Å². The third-order valence-electron chi connectivity index (χ3n) is 5.27. The first-order valence-corrected chi connectivity index (χ1v) is 12.3. The fraction of sp³-hybridized carbons (Fsp3) is 0.385. The summed E-state index contributed by atoms with van der Waals surface area (Å²) >= 11 is 1.54. The molecule has 0 spiro atoms. The van der Waals surface area contributed by atoms with Crippen molar-refractivity contribution in [3.8, 4) is 17.0 Å². The lowest BCUT2D eigenvalue weighted by atomic mass is 10.1. The number of hydrogen-bond acceptors (Lipinski definition) is 5. The molecule has 0 fully saturated rings. The number of amides is 1. The zero-order chi connectivity index (χ0) is 22.6. The highest BCUT2D eigenvalue weighted by Gasteiger charge is 2.08. The molecule has 3 aromatic rings. The number of nitrogens with zero attached hydrogens (tertiary/aromatic N) is 1. The van der Waals surface area contributed by atoms with Gasteiger partial charge in [0, 0.05) is 34.8 Å². The van der Waals surface area contributed by atoms with E-state index in [9.17, 15) is 4.79 Å². The summed E-state index contributed by atoms with van der Waals surface area (Å²) in [6.07, 6.45) is 9.03. The molecule has 6 heteroatoms. The number of methoxy groups -OCH3 is 1. The zero-order valence-corrected chi connectivity index (χ0v) is 19.8. The average molecular weight is 452 g/mol. The summed E-state index contributed by atoms with van der Waals surface area (Å²) in [6.45, 7) is 2.23. The molecule has 5 nitrogen and oxygen atoms in total. The van der Waals surface area contributed by atoms with Gasteiger partial charge < -0.3 is 15.4 Å². The molecular weight excluding hydrogens is 418 g/mol. The molecule has 0 bridgehead atoms. The van der Waals surface area contributed by atoms with Crippen LogP contribution in [0.2, 0.25) is 0 Å². The van der Waals surface area contributed by atoms with Crippen LogP contribution in [0.5, 0.6) is 5.75 Å². The second-order valence-corrected chi connectivity index (χ2v) is 8.75. The van der Waals surface area contributed by atoms with E-state index < -0.39 is 0 Å². The summed E-state index contributed by atoms with van der Waals surface area (Å²) in [5.74, 6) is 0.876. The number of unbranched alkanes of at least 4 members (excludes halogenated alkanes) is 6. The molecule has 1 heterocycles. The number of hydrogen-bond donors (Lipinski definition) is 2. The van der Waals surface area contributed by atoms with Crippen LogP contribution >= 0.6 is 11.3 Å². The maximum atomic E-state index is 12.3. The van der Waals surface area contributed by atoms with Gasteiger partial charge in [-0.15, -0.1) is 11.3 Å². The minimum atomic E-state index is 0.0781. The fourth-order valence-electron chi connectivity index (χ4n) is 3.51. The second-order valence-electron chi connectivity index (χ2n) is 7.90. The first-order valence-electron chi connectivity index (χ1n) is 11.4. The molecule has 0 aliphatic rings. The average Bonchev–Trinajstić information content (AvgIpc) is 3.27. The van der Waals surface area contributed by atoms with Gasteiger partial charge >= 0.3 is 0 Å². The van der Waals surface area contributed by atoms with Crippen LogP contribution in [0, 0.1) is 0 Å². The van der Waals surface area contributed by atoms with E-state index in [4.69, 9.17) is 9.72 Å². The summed E-state index contributed by atoms with van der Waals surface area (Å²) < 4.78 is 5.27. The number of thiazole rings is 1. The van der Waals surface area contributed by atoms with E-state index in [1.54, 1.807) is 18.4 Å². The van der Waals surface area contributed by atoms with Crippen molar-refractivity contribution in [3.05, 3.63) is 53.9 Å². The predicted octanol–water partition coefficient (Wildman–Crippen LogP) is 7.64. The van der Waals surface area contributed by atoms with Crippen molar-refractivity contribution in [1.29, 1.82) is 0 Å². The molecule has 0 atom stereocenters. The predicted molar refractivity (Wildman–Crippen MR) is 135 cm³/mol. The van der Waals surface area contributed by atoms with Gasteiger partial charge in [0.05, 0.1) is 12.8 Å². The summed E-state index contributed by atoms with van der Waals surface area (Å²) in [7, 11) is 1.65. The topological polar surface area (TPSA) is 63.2 Å². The van der Waals surface area contributed by atoms with E-state index >= 15 is 0 Å². The van der Waals surface area contributed by atoms with Crippen LogP contribution in [0.25, 0.3) is 11.3 Å². The first kappa shape index (κ1) is 23.8. The Morgan fingerprint density at radius 3 is 2.53 bits per heavy atom. The smallest absolute Gasteiger partial charge is 0.224 e. The Morgan fingerprint density at radius 1 is 0.969 bits per heavy atom. The van der Waals surface area contributed by atoms with E-state index in [1.165, 1.54) is 32.1 Å². The van der Waals surface area contributed by atoms with E-state index in [0.717, 1.165) is 46.4 Å². The van der Waals surface area contributed by atoms with Crippen LogP contribution in [-0.4, -0.2) is 18.0 Å². The highest BCUT2D eigenvalue weighted by molar-refractivity contribution is 7.14. The molecule has 2 aromatic carbocycles. The van der Waals surface area contributed by atoms with Crippen LogP contribution in [0.1, 0.15) is 58.3 Å². The Bertz CT molecular complexity index is 986. The molecule has 1 aromatic heterocycles. The lowest BCUT2D eigenvalue weighted by molar-refractivity contribution is -0.116. The Morgan fingerprint density at radius 2 is 1.72 bits per heavy atom.